The average Bonchev–Trinajstić information content (AvgIpc) is 2.63. The fourth-order valence-electron chi connectivity index (χ4n) is 2.92. The number of methoxy groups -OCH3 is 1. The van der Waals surface area contributed by atoms with Crippen LogP contribution in [0.1, 0.15) is 5.56 Å². The van der Waals surface area contributed by atoms with Gasteiger partial charge in [-0.25, -0.2) is 0 Å². The van der Waals surface area contributed by atoms with E-state index in [0.717, 1.165) is 37.5 Å². The molecular weight excluding hydrogens is 288 g/mol. The van der Waals surface area contributed by atoms with E-state index in [1.807, 2.05) is 35.2 Å². The lowest BCUT2D eigenvalue weighted by Crippen LogP contribution is -2.49. The molecule has 0 N–H and O–H groups in total. The van der Waals surface area contributed by atoms with Crippen molar-refractivity contribution < 1.29 is 9.53 Å². The molecule has 1 saturated heterocycles. The Morgan fingerprint density at radius 2 is 1.74 bits per heavy atom. The Morgan fingerprint density at radius 1 is 1.00 bits per heavy atom. The number of piperazine rings is 1. The first-order valence-electron chi connectivity index (χ1n) is 7.97. The first-order valence-corrected chi connectivity index (χ1v) is 7.97. The van der Waals surface area contributed by atoms with Crippen molar-refractivity contribution in [2.45, 2.75) is 6.42 Å². The summed E-state index contributed by atoms with van der Waals surface area (Å²) in [4.78, 5) is 16.8. The van der Waals surface area contributed by atoms with E-state index < -0.39 is 0 Å². The van der Waals surface area contributed by atoms with Crippen molar-refractivity contribution in [1.82, 2.24) is 4.90 Å². The van der Waals surface area contributed by atoms with Gasteiger partial charge in [-0.2, -0.15) is 0 Å². The van der Waals surface area contributed by atoms with Crippen molar-refractivity contribution in [1.29, 1.82) is 0 Å². The molecule has 0 aromatic heterocycles. The zero-order chi connectivity index (χ0) is 16.1. The third-order valence-corrected chi connectivity index (χ3v) is 4.24. The normalized spacial score (nSPS) is 14.7. The maximum Gasteiger partial charge on any atom is 0.227 e. The van der Waals surface area contributed by atoms with Gasteiger partial charge in [-0.1, -0.05) is 30.3 Å². The number of carbonyl (C=O) groups is 1. The molecule has 0 unspecified atom stereocenters. The first kappa shape index (κ1) is 15.4. The molecule has 2 aromatic carbocycles. The zero-order valence-electron chi connectivity index (χ0n) is 13.4. The van der Waals surface area contributed by atoms with Gasteiger partial charge in [-0.05, 0) is 29.8 Å². The second kappa shape index (κ2) is 7.18. The van der Waals surface area contributed by atoms with E-state index in [9.17, 15) is 4.79 Å². The highest BCUT2D eigenvalue weighted by Gasteiger charge is 2.21. The Hall–Kier alpha value is -2.49. The summed E-state index contributed by atoms with van der Waals surface area (Å²) in [5.74, 6) is 0.982. The van der Waals surface area contributed by atoms with E-state index in [1.165, 1.54) is 5.69 Å². The predicted molar refractivity (Wildman–Crippen MR) is 91.9 cm³/mol. The number of para-hydroxylation sites is 1. The van der Waals surface area contributed by atoms with E-state index >= 15 is 0 Å². The van der Waals surface area contributed by atoms with E-state index in [-0.39, 0.29) is 5.91 Å². The molecule has 1 aliphatic heterocycles. The molecule has 120 valence electrons. The van der Waals surface area contributed by atoms with Crippen molar-refractivity contribution in [3.63, 3.8) is 0 Å². The van der Waals surface area contributed by atoms with Gasteiger partial charge in [0.2, 0.25) is 5.91 Å². The van der Waals surface area contributed by atoms with Gasteiger partial charge in [0.15, 0.2) is 0 Å². The van der Waals surface area contributed by atoms with Gasteiger partial charge in [-0.3, -0.25) is 4.79 Å². The van der Waals surface area contributed by atoms with E-state index in [1.54, 1.807) is 7.11 Å². The number of hydrogen-bond donors (Lipinski definition) is 0. The molecule has 1 heterocycles. The summed E-state index contributed by atoms with van der Waals surface area (Å²) in [6.45, 7) is 3.32. The molecule has 2 aromatic rings. The molecule has 1 amide bonds. The lowest BCUT2D eigenvalue weighted by Gasteiger charge is -2.36. The Labute approximate surface area is 137 Å². The summed E-state index contributed by atoms with van der Waals surface area (Å²) >= 11 is 0. The number of anilines is 1. The van der Waals surface area contributed by atoms with Gasteiger partial charge in [0.1, 0.15) is 5.75 Å². The molecule has 1 fully saturated rings. The number of amides is 1. The molecule has 4 heteroatoms. The Bertz CT molecular complexity index is 649. The molecule has 23 heavy (non-hydrogen) atoms. The topological polar surface area (TPSA) is 32.8 Å². The maximum atomic E-state index is 12.5. The average molecular weight is 310 g/mol. The van der Waals surface area contributed by atoms with Gasteiger partial charge >= 0.3 is 0 Å². The minimum atomic E-state index is 0.186. The molecule has 0 atom stereocenters. The van der Waals surface area contributed by atoms with Crippen LogP contribution in [-0.2, 0) is 11.2 Å². The van der Waals surface area contributed by atoms with E-state index in [2.05, 4.69) is 29.2 Å². The van der Waals surface area contributed by atoms with Crippen LogP contribution >= 0.6 is 0 Å². The Kier molecular flexibility index (Phi) is 4.81. The summed E-state index contributed by atoms with van der Waals surface area (Å²) in [5.41, 5.74) is 2.23. The van der Waals surface area contributed by atoms with Crippen molar-refractivity contribution in [3.8, 4) is 5.75 Å². The van der Waals surface area contributed by atoms with Crippen LogP contribution in [0.4, 0.5) is 5.69 Å². The van der Waals surface area contributed by atoms with Crippen molar-refractivity contribution >= 4 is 11.6 Å². The van der Waals surface area contributed by atoms with E-state index in [4.69, 9.17) is 4.74 Å². The third kappa shape index (κ3) is 3.83. The molecule has 0 spiro atoms. The number of carbonyl (C=O) groups excluding carboxylic acids is 1. The quantitative estimate of drug-likeness (QED) is 0.870. The minimum Gasteiger partial charge on any atom is -0.497 e. The predicted octanol–water partition coefficient (Wildman–Crippen LogP) is 2.59. The van der Waals surface area contributed by atoms with Crippen LogP contribution in [0.25, 0.3) is 0 Å². The highest BCUT2D eigenvalue weighted by molar-refractivity contribution is 5.79. The second-order valence-corrected chi connectivity index (χ2v) is 5.73. The largest absolute Gasteiger partial charge is 0.497 e. The lowest BCUT2D eigenvalue weighted by molar-refractivity contribution is -0.130. The van der Waals surface area contributed by atoms with Crippen LogP contribution in [0, 0.1) is 0 Å². The molecule has 0 aliphatic carbocycles. The standard InChI is InChI=1S/C19H22N2O2/c1-23-18-9-5-6-16(14-18)15-19(22)21-12-10-20(11-13-21)17-7-3-2-4-8-17/h2-9,14H,10-13,15H2,1H3. The minimum absolute atomic E-state index is 0.186. The van der Waals surface area contributed by atoms with Crippen molar-refractivity contribution in [2.75, 3.05) is 38.2 Å². The fourth-order valence-corrected chi connectivity index (χ4v) is 2.92. The monoisotopic (exact) mass is 310 g/mol. The van der Waals surface area contributed by atoms with Crippen molar-refractivity contribution in [3.05, 3.63) is 60.2 Å². The summed E-state index contributed by atoms with van der Waals surface area (Å²) in [7, 11) is 1.64. The molecule has 3 rings (SSSR count). The van der Waals surface area contributed by atoms with Gasteiger partial charge in [-0.15, -0.1) is 0 Å². The number of rotatable bonds is 4. The highest BCUT2D eigenvalue weighted by atomic mass is 16.5. The first-order chi connectivity index (χ1) is 11.3. The highest BCUT2D eigenvalue weighted by Crippen LogP contribution is 2.17. The lowest BCUT2D eigenvalue weighted by atomic mass is 10.1. The number of nitrogens with zero attached hydrogens (tertiary/aromatic N) is 2. The summed E-state index contributed by atoms with van der Waals surface area (Å²) in [5, 5.41) is 0. The van der Waals surface area contributed by atoms with Gasteiger partial charge in [0, 0.05) is 31.9 Å². The number of ether oxygens (including phenoxy) is 1. The molecular formula is C19H22N2O2. The molecule has 1 aliphatic rings. The third-order valence-electron chi connectivity index (χ3n) is 4.24. The van der Waals surface area contributed by atoms with E-state index in [0.29, 0.717) is 6.42 Å². The zero-order valence-corrected chi connectivity index (χ0v) is 13.4. The summed E-state index contributed by atoms with van der Waals surface area (Å²) in [6.07, 6.45) is 0.433. The Balaban J connectivity index is 1.56. The maximum absolute atomic E-state index is 12.5. The number of hydrogen-bond acceptors (Lipinski definition) is 3. The molecule has 0 saturated carbocycles. The van der Waals surface area contributed by atoms with Gasteiger partial charge in [0.05, 0.1) is 13.5 Å². The van der Waals surface area contributed by atoms with Crippen LogP contribution < -0.4 is 9.64 Å². The fraction of sp³-hybridized carbons (Fsp3) is 0.316. The summed E-state index contributed by atoms with van der Waals surface area (Å²) in [6, 6.07) is 18.1. The van der Waals surface area contributed by atoms with Gasteiger partial charge < -0.3 is 14.5 Å². The molecule has 0 bridgehead atoms. The smallest absolute Gasteiger partial charge is 0.227 e. The van der Waals surface area contributed by atoms with Crippen LogP contribution in [0.2, 0.25) is 0 Å². The molecule has 4 nitrogen and oxygen atoms in total. The van der Waals surface area contributed by atoms with Crippen molar-refractivity contribution in [2.24, 2.45) is 0 Å². The van der Waals surface area contributed by atoms with Crippen LogP contribution in [0.15, 0.2) is 54.6 Å². The van der Waals surface area contributed by atoms with Crippen LogP contribution in [-0.4, -0.2) is 44.1 Å². The SMILES string of the molecule is COc1cccc(CC(=O)N2CCN(c3ccccc3)CC2)c1. The Morgan fingerprint density at radius 3 is 2.43 bits per heavy atom. The second-order valence-electron chi connectivity index (χ2n) is 5.73. The van der Waals surface area contributed by atoms with Crippen LogP contribution in [0.5, 0.6) is 5.75 Å². The van der Waals surface area contributed by atoms with Crippen LogP contribution in [0.3, 0.4) is 0 Å². The number of benzene rings is 2. The summed E-state index contributed by atoms with van der Waals surface area (Å²) < 4.78 is 5.21. The van der Waals surface area contributed by atoms with Gasteiger partial charge in [0.25, 0.3) is 0 Å². The molecule has 0 radical (unpaired) electrons.